The first-order chi connectivity index (χ1) is 8.31. The summed E-state index contributed by atoms with van der Waals surface area (Å²) in [6.07, 6.45) is 5.39. The first kappa shape index (κ1) is 11.8. The van der Waals surface area contributed by atoms with E-state index in [1.54, 1.807) is 19.6 Å². The van der Waals surface area contributed by atoms with Crippen molar-refractivity contribution in [3.05, 3.63) is 24.4 Å². The van der Waals surface area contributed by atoms with Crippen molar-refractivity contribution in [3.8, 4) is 11.5 Å². The van der Waals surface area contributed by atoms with Crippen LogP contribution in [-0.2, 0) is 18.3 Å². The number of aromatic amines is 1. The Morgan fingerprint density at radius 1 is 1.47 bits per heavy atom. The Morgan fingerprint density at radius 2 is 2.35 bits per heavy atom. The summed E-state index contributed by atoms with van der Waals surface area (Å²) in [6.45, 7) is 2.30. The van der Waals surface area contributed by atoms with Crippen LogP contribution >= 0.6 is 0 Å². The number of ether oxygens (including phenoxy) is 1. The quantitative estimate of drug-likeness (QED) is 0.717. The van der Waals surface area contributed by atoms with Crippen molar-refractivity contribution in [2.24, 2.45) is 7.05 Å². The molecule has 2 aromatic rings. The maximum atomic E-state index is 4.96. The Hall–Kier alpha value is -1.66. The molecule has 0 fully saturated rings. The van der Waals surface area contributed by atoms with Crippen molar-refractivity contribution in [3.63, 3.8) is 0 Å². The van der Waals surface area contributed by atoms with Crippen LogP contribution < -0.4 is 5.32 Å². The molecule has 2 rings (SSSR count). The fourth-order valence-electron chi connectivity index (χ4n) is 1.56. The van der Waals surface area contributed by atoms with Gasteiger partial charge in [0, 0.05) is 32.9 Å². The summed E-state index contributed by atoms with van der Waals surface area (Å²) in [4.78, 5) is 11.7. The maximum Gasteiger partial charge on any atom is 0.155 e. The smallest absolute Gasteiger partial charge is 0.155 e. The fraction of sp³-hybridized carbons (Fsp3) is 0.455. The summed E-state index contributed by atoms with van der Waals surface area (Å²) >= 11 is 0. The third-order valence-electron chi connectivity index (χ3n) is 2.49. The van der Waals surface area contributed by atoms with Crippen LogP contribution in [0.4, 0.5) is 0 Å². The Morgan fingerprint density at radius 3 is 3.06 bits per heavy atom. The van der Waals surface area contributed by atoms with E-state index in [1.165, 1.54) is 0 Å². The van der Waals surface area contributed by atoms with Crippen LogP contribution in [0.5, 0.6) is 0 Å². The molecular formula is C11H17N5O. The molecule has 6 heteroatoms. The number of aromatic nitrogens is 4. The Kier molecular flexibility index (Phi) is 3.89. The molecule has 2 aromatic heterocycles. The highest BCUT2D eigenvalue weighted by Gasteiger charge is 2.06. The van der Waals surface area contributed by atoms with Gasteiger partial charge in [0.1, 0.15) is 5.69 Å². The molecule has 0 spiro atoms. The first-order valence-electron chi connectivity index (χ1n) is 5.51. The van der Waals surface area contributed by atoms with Crippen LogP contribution in [0, 0.1) is 0 Å². The molecule has 0 unspecified atom stereocenters. The minimum atomic E-state index is 0.711. The number of nitrogens with zero attached hydrogens (tertiary/aromatic N) is 3. The van der Waals surface area contributed by atoms with Gasteiger partial charge in [0.25, 0.3) is 0 Å². The average molecular weight is 235 g/mol. The van der Waals surface area contributed by atoms with Crippen LogP contribution in [0.15, 0.2) is 18.7 Å². The summed E-state index contributed by atoms with van der Waals surface area (Å²) in [6, 6.07) is 0. The number of methoxy groups -OCH3 is 1. The monoisotopic (exact) mass is 235 g/mol. The summed E-state index contributed by atoms with van der Waals surface area (Å²) in [5, 5.41) is 3.26. The van der Waals surface area contributed by atoms with Crippen molar-refractivity contribution in [2.45, 2.75) is 6.54 Å². The zero-order valence-corrected chi connectivity index (χ0v) is 10.1. The van der Waals surface area contributed by atoms with E-state index in [-0.39, 0.29) is 0 Å². The second kappa shape index (κ2) is 5.60. The number of imidazole rings is 2. The van der Waals surface area contributed by atoms with E-state index in [2.05, 4.69) is 20.3 Å². The molecule has 0 bridgehead atoms. The number of aryl methyl sites for hydroxylation is 1. The second-order valence-corrected chi connectivity index (χ2v) is 3.82. The average Bonchev–Trinajstić information content (AvgIpc) is 2.93. The molecule has 6 nitrogen and oxygen atoms in total. The Labute approximate surface area is 100 Å². The van der Waals surface area contributed by atoms with Crippen molar-refractivity contribution in [1.29, 1.82) is 0 Å². The SMILES string of the molecule is COCCNCc1cnc(-c2cncn2C)[nH]1. The van der Waals surface area contributed by atoms with Crippen LogP contribution in [0.2, 0.25) is 0 Å². The molecule has 0 aliphatic rings. The zero-order chi connectivity index (χ0) is 12.1. The number of nitrogens with one attached hydrogen (secondary N) is 2. The van der Waals surface area contributed by atoms with Gasteiger partial charge < -0.3 is 19.6 Å². The molecule has 0 aromatic carbocycles. The third kappa shape index (κ3) is 2.92. The predicted octanol–water partition coefficient (Wildman–Crippen LogP) is 0.546. The van der Waals surface area contributed by atoms with E-state index in [0.717, 1.165) is 30.3 Å². The van der Waals surface area contributed by atoms with Crippen LogP contribution in [0.3, 0.4) is 0 Å². The van der Waals surface area contributed by atoms with Gasteiger partial charge in [-0.25, -0.2) is 9.97 Å². The molecule has 92 valence electrons. The topological polar surface area (TPSA) is 67.8 Å². The molecule has 17 heavy (non-hydrogen) atoms. The van der Waals surface area contributed by atoms with Crippen molar-refractivity contribution >= 4 is 0 Å². The van der Waals surface area contributed by atoms with Gasteiger partial charge in [-0.15, -0.1) is 0 Å². The van der Waals surface area contributed by atoms with Crippen LogP contribution in [-0.4, -0.2) is 39.8 Å². The maximum absolute atomic E-state index is 4.96. The van der Waals surface area contributed by atoms with E-state index < -0.39 is 0 Å². The lowest BCUT2D eigenvalue weighted by atomic mass is 10.4. The minimum absolute atomic E-state index is 0.711. The Balaban J connectivity index is 1.95. The fourth-order valence-corrected chi connectivity index (χ4v) is 1.56. The van der Waals surface area contributed by atoms with E-state index in [1.807, 2.05) is 17.8 Å². The molecule has 0 aliphatic heterocycles. The van der Waals surface area contributed by atoms with Crippen LogP contribution in [0.1, 0.15) is 5.69 Å². The molecule has 0 amide bonds. The summed E-state index contributed by atoms with van der Waals surface area (Å²) in [5.41, 5.74) is 2.03. The predicted molar refractivity (Wildman–Crippen MR) is 64.4 cm³/mol. The molecule has 0 atom stereocenters. The molecule has 2 N–H and O–H groups in total. The normalized spacial score (nSPS) is 10.9. The van der Waals surface area contributed by atoms with Gasteiger partial charge in [-0.2, -0.15) is 0 Å². The van der Waals surface area contributed by atoms with Gasteiger partial charge in [-0.05, 0) is 0 Å². The highest BCUT2D eigenvalue weighted by molar-refractivity contribution is 5.48. The Bertz CT molecular complexity index is 462. The van der Waals surface area contributed by atoms with Gasteiger partial charge in [0.05, 0.1) is 25.3 Å². The second-order valence-electron chi connectivity index (χ2n) is 3.82. The number of hydrogen-bond donors (Lipinski definition) is 2. The van der Waals surface area contributed by atoms with E-state index in [0.29, 0.717) is 6.61 Å². The lowest BCUT2D eigenvalue weighted by Crippen LogP contribution is -2.18. The lowest BCUT2D eigenvalue weighted by Gasteiger charge is -2.01. The minimum Gasteiger partial charge on any atom is -0.383 e. The van der Waals surface area contributed by atoms with Gasteiger partial charge in [-0.1, -0.05) is 0 Å². The molecule has 0 saturated heterocycles. The van der Waals surface area contributed by atoms with E-state index in [4.69, 9.17) is 4.74 Å². The lowest BCUT2D eigenvalue weighted by molar-refractivity contribution is 0.199. The van der Waals surface area contributed by atoms with Crippen molar-refractivity contribution < 1.29 is 4.74 Å². The standard InChI is InChI=1S/C11H17N5O/c1-16-8-13-7-10(16)11-14-6-9(15-11)5-12-3-4-17-2/h6-8,12H,3-5H2,1-2H3,(H,14,15). The summed E-state index contributed by atoms with van der Waals surface area (Å²) in [5.74, 6) is 0.841. The third-order valence-corrected chi connectivity index (χ3v) is 2.49. The molecule has 0 saturated carbocycles. The molecule has 0 radical (unpaired) electrons. The van der Waals surface area contributed by atoms with Gasteiger partial charge in [-0.3, -0.25) is 0 Å². The summed E-state index contributed by atoms with van der Waals surface area (Å²) < 4.78 is 6.89. The number of rotatable bonds is 6. The van der Waals surface area contributed by atoms with Gasteiger partial charge >= 0.3 is 0 Å². The van der Waals surface area contributed by atoms with Crippen molar-refractivity contribution in [2.75, 3.05) is 20.3 Å². The summed E-state index contributed by atoms with van der Waals surface area (Å²) in [7, 11) is 3.64. The zero-order valence-electron chi connectivity index (χ0n) is 10.1. The van der Waals surface area contributed by atoms with E-state index in [9.17, 15) is 0 Å². The van der Waals surface area contributed by atoms with E-state index >= 15 is 0 Å². The first-order valence-corrected chi connectivity index (χ1v) is 5.51. The number of H-pyrrole nitrogens is 1. The molecule has 0 aliphatic carbocycles. The molecular weight excluding hydrogens is 218 g/mol. The van der Waals surface area contributed by atoms with Gasteiger partial charge in [0.2, 0.25) is 0 Å². The highest BCUT2D eigenvalue weighted by Crippen LogP contribution is 2.13. The van der Waals surface area contributed by atoms with Crippen molar-refractivity contribution in [1.82, 2.24) is 24.8 Å². The largest absolute Gasteiger partial charge is 0.383 e. The highest BCUT2D eigenvalue weighted by atomic mass is 16.5. The van der Waals surface area contributed by atoms with Gasteiger partial charge in [0.15, 0.2) is 5.82 Å². The molecule has 2 heterocycles. The van der Waals surface area contributed by atoms with Crippen LogP contribution in [0.25, 0.3) is 11.5 Å². The number of hydrogen-bond acceptors (Lipinski definition) is 4.